The summed E-state index contributed by atoms with van der Waals surface area (Å²) in [5.74, 6) is 0.613. The SMILES string of the molecule is CNC(=O)[C@]1(C)CC[C@@H](Nc2ncc3c(Br)nn(-c4cc(C5CCCO5)c5ncccc5c4)c3n2)C1. The lowest BCUT2D eigenvalue weighted by Crippen LogP contribution is -2.35. The largest absolute Gasteiger partial charge is 0.373 e. The minimum absolute atomic E-state index is 0.0245. The van der Waals surface area contributed by atoms with E-state index in [0.29, 0.717) is 16.2 Å². The van der Waals surface area contributed by atoms with E-state index in [-0.39, 0.29) is 23.5 Å². The maximum absolute atomic E-state index is 12.3. The van der Waals surface area contributed by atoms with E-state index in [0.717, 1.165) is 66.3 Å². The summed E-state index contributed by atoms with van der Waals surface area (Å²) < 4.78 is 8.55. The molecule has 1 unspecified atom stereocenters. The van der Waals surface area contributed by atoms with E-state index in [2.05, 4.69) is 54.7 Å². The fourth-order valence-corrected chi connectivity index (χ4v) is 6.01. The standard InChI is InChI=1S/C26H28BrN7O2/c1-26(24(35)28-2)8-7-16(13-26)31-25-30-14-19-22(27)33-34(23(19)32-25)17-11-15-5-3-9-29-21(15)18(12-17)20-6-4-10-36-20/h3,5,9,11-12,14,16,20H,4,6-8,10,13H2,1-2H3,(H,28,35)(H,30,31,32)/t16-,20?,26-/m1/s1. The Labute approximate surface area is 217 Å². The Morgan fingerprint density at radius 1 is 1.28 bits per heavy atom. The fourth-order valence-electron chi connectivity index (χ4n) is 5.57. The lowest BCUT2D eigenvalue weighted by molar-refractivity contribution is -0.129. The molecular weight excluding hydrogens is 522 g/mol. The number of amides is 1. The first-order chi connectivity index (χ1) is 17.4. The van der Waals surface area contributed by atoms with E-state index < -0.39 is 0 Å². The first-order valence-electron chi connectivity index (χ1n) is 12.4. The average Bonchev–Trinajstić information content (AvgIpc) is 3.63. The normalized spacial score (nSPS) is 24.0. The smallest absolute Gasteiger partial charge is 0.225 e. The number of aromatic nitrogens is 5. The number of hydrogen-bond acceptors (Lipinski definition) is 7. The minimum atomic E-state index is -0.376. The summed E-state index contributed by atoms with van der Waals surface area (Å²) in [4.78, 5) is 26.4. The fraction of sp³-hybridized carbons (Fsp3) is 0.423. The second-order valence-corrected chi connectivity index (χ2v) is 10.7. The van der Waals surface area contributed by atoms with Crippen molar-refractivity contribution in [3.8, 4) is 5.69 Å². The number of halogens is 1. The molecule has 1 aromatic carbocycles. The summed E-state index contributed by atoms with van der Waals surface area (Å²) in [6.45, 7) is 2.78. The summed E-state index contributed by atoms with van der Waals surface area (Å²) in [7, 11) is 1.69. The Balaban J connectivity index is 1.38. The molecular formula is C26H28BrN7O2. The van der Waals surface area contributed by atoms with E-state index in [9.17, 15) is 4.79 Å². The van der Waals surface area contributed by atoms with Crippen LogP contribution in [-0.2, 0) is 9.53 Å². The van der Waals surface area contributed by atoms with Crippen LogP contribution in [0.5, 0.6) is 0 Å². The number of ether oxygens (including phenoxy) is 1. The maximum atomic E-state index is 12.3. The van der Waals surface area contributed by atoms with Crippen LogP contribution < -0.4 is 10.6 Å². The van der Waals surface area contributed by atoms with Crippen molar-refractivity contribution < 1.29 is 9.53 Å². The van der Waals surface area contributed by atoms with E-state index in [1.807, 2.05) is 23.9 Å². The third-order valence-electron chi connectivity index (χ3n) is 7.47. The molecule has 3 atom stereocenters. The molecule has 2 N–H and O–H groups in total. The molecule has 0 bridgehead atoms. The van der Waals surface area contributed by atoms with Gasteiger partial charge in [-0.2, -0.15) is 10.1 Å². The molecule has 0 radical (unpaired) electrons. The summed E-state index contributed by atoms with van der Waals surface area (Å²) in [6, 6.07) is 8.34. The van der Waals surface area contributed by atoms with Gasteiger partial charge >= 0.3 is 0 Å². The van der Waals surface area contributed by atoms with Crippen LogP contribution in [0.2, 0.25) is 0 Å². The second kappa shape index (κ2) is 9.08. The molecule has 6 rings (SSSR count). The van der Waals surface area contributed by atoms with Gasteiger partial charge in [-0.1, -0.05) is 13.0 Å². The number of rotatable bonds is 5. The third kappa shape index (κ3) is 4.02. The van der Waals surface area contributed by atoms with Crippen molar-refractivity contribution in [1.82, 2.24) is 30.0 Å². The van der Waals surface area contributed by atoms with Crippen molar-refractivity contribution in [1.29, 1.82) is 0 Å². The molecule has 10 heteroatoms. The van der Waals surface area contributed by atoms with Gasteiger partial charge in [0.25, 0.3) is 0 Å². The summed E-state index contributed by atoms with van der Waals surface area (Å²) >= 11 is 3.59. The minimum Gasteiger partial charge on any atom is -0.373 e. The van der Waals surface area contributed by atoms with Crippen molar-refractivity contribution in [2.75, 3.05) is 19.0 Å². The number of hydrogen-bond donors (Lipinski definition) is 2. The molecule has 4 aromatic rings. The number of fused-ring (bicyclic) bond motifs is 2. The summed E-state index contributed by atoms with van der Waals surface area (Å²) in [6.07, 6.45) is 8.10. The van der Waals surface area contributed by atoms with Gasteiger partial charge in [0.05, 0.1) is 22.7 Å². The van der Waals surface area contributed by atoms with Crippen LogP contribution in [-0.4, -0.2) is 50.3 Å². The van der Waals surface area contributed by atoms with Crippen LogP contribution in [0.3, 0.4) is 0 Å². The van der Waals surface area contributed by atoms with Crippen molar-refractivity contribution in [3.63, 3.8) is 0 Å². The van der Waals surface area contributed by atoms with Gasteiger partial charge in [0.15, 0.2) is 5.65 Å². The zero-order valence-electron chi connectivity index (χ0n) is 20.3. The van der Waals surface area contributed by atoms with Crippen LogP contribution in [0.15, 0.2) is 41.3 Å². The lowest BCUT2D eigenvalue weighted by atomic mass is 9.87. The molecule has 2 aliphatic rings. The second-order valence-electron chi connectivity index (χ2n) is 9.97. The number of nitrogens with one attached hydrogen (secondary N) is 2. The van der Waals surface area contributed by atoms with Crippen LogP contribution in [0.1, 0.15) is 50.7 Å². The molecule has 1 amide bonds. The molecule has 3 aromatic heterocycles. The maximum Gasteiger partial charge on any atom is 0.225 e. The van der Waals surface area contributed by atoms with Crippen molar-refractivity contribution >= 4 is 49.7 Å². The Bertz CT molecular complexity index is 1470. The highest BCUT2D eigenvalue weighted by Crippen LogP contribution is 2.39. The average molecular weight is 550 g/mol. The Morgan fingerprint density at radius 2 is 2.17 bits per heavy atom. The predicted octanol–water partition coefficient (Wildman–Crippen LogP) is 4.69. The van der Waals surface area contributed by atoms with Gasteiger partial charge < -0.3 is 15.4 Å². The van der Waals surface area contributed by atoms with Crippen LogP contribution in [0.25, 0.3) is 27.6 Å². The molecule has 1 aliphatic carbocycles. The molecule has 2 fully saturated rings. The zero-order chi connectivity index (χ0) is 24.9. The zero-order valence-corrected chi connectivity index (χ0v) is 21.9. The van der Waals surface area contributed by atoms with E-state index in [1.54, 1.807) is 13.2 Å². The Hall–Kier alpha value is -3.11. The van der Waals surface area contributed by atoms with Crippen LogP contribution in [0, 0.1) is 5.41 Å². The molecule has 36 heavy (non-hydrogen) atoms. The molecule has 4 heterocycles. The van der Waals surface area contributed by atoms with E-state index in [1.165, 1.54) is 0 Å². The van der Waals surface area contributed by atoms with E-state index >= 15 is 0 Å². The molecule has 186 valence electrons. The number of carbonyl (C=O) groups is 1. The first-order valence-corrected chi connectivity index (χ1v) is 13.2. The van der Waals surface area contributed by atoms with Crippen molar-refractivity contribution in [3.05, 3.63) is 46.8 Å². The van der Waals surface area contributed by atoms with Crippen LogP contribution >= 0.6 is 15.9 Å². The van der Waals surface area contributed by atoms with Crippen molar-refractivity contribution in [2.24, 2.45) is 5.41 Å². The predicted molar refractivity (Wildman–Crippen MR) is 141 cm³/mol. The quantitative estimate of drug-likeness (QED) is 0.371. The van der Waals surface area contributed by atoms with E-state index in [4.69, 9.17) is 14.8 Å². The molecule has 1 aliphatic heterocycles. The van der Waals surface area contributed by atoms with Gasteiger partial charge in [-0.3, -0.25) is 9.78 Å². The van der Waals surface area contributed by atoms with Gasteiger partial charge in [-0.25, -0.2) is 9.67 Å². The highest BCUT2D eigenvalue weighted by atomic mass is 79.9. The monoisotopic (exact) mass is 549 g/mol. The number of benzene rings is 1. The molecule has 1 saturated heterocycles. The topological polar surface area (TPSA) is 107 Å². The highest BCUT2D eigenvalue weighted by molar-refractivity contribution is 9.10. The van der Waals surface area contributed by atoms with Crippen molar-refractivity contribution in [2.45, 2.75) is 51.2 Å². The number of nitrogens with zero attached hydrogens (tertiary/aromatic N) is 5. The number of carbonyl (C=O) groups excluding carboxylic acids is 1. The molecule has 9 nitrogen and oxygen atoms in total. The molecule has 0 spiro atoms. The third-order valence-corrected chi connectivity index (χ3v) is 8.06. The number of anilines is 1. The number of pyridine rings is 1. The summed E-state index contributed by atoms with van der Waals surface area (Å²) in [5.41, 5.74) is 3.26. The first kappa shape index (κ1) is 23.3. The molecule has 1 saturated carbocycles. The van der Waals surface area contributed by atoms with Gasteiger partial charge in [0.1, 0.15) is 4.60 Å². The van der Waals surface area contributed by atoms with Crippen LogP contribution in [0.4, 0.5) is 5.95 Å². The lowest BCUT2D eigenvalue weighted by Gasteiger charge is -2.22. The van der Waals surface area contributed by atoms with Gasteiger partial charge in [-0.15, -0.1) is 0 Å². The Morgan fingerprint density at radius 3 is 2.97 bits per heavy atom. The van der Waals surface area contributed by atoms with Gasteiger partial charge in [0, 0.05) is 48.5 Å². The van der Waals surface area contributed by atoms with Gasteiger partial charge in [-0.05, 0) is 66.2 Å². The van der Waals surface area contributed by atoms with Gasteiger partial charge in [0.2, 0.25) is 11.9 Å². The summed E-state index contributed by atoms with van der Waals surface area (Å²) in [5, 5.41) is 12.9. The Kier molecular flexibility index (Phi) is 5.88. The highest BCUT2D eigenvalue weighted by Gasteiger charge is 2.41.